The Kier molecular flexibility index (Phi) is 2.90. The van der Waals surface area contributed by atoms with Gasteiger partial charge in [0, 0.05) is 6.07 Å². The number of ether oxygens (including phenoxy) is 2. The summed E-state index contributed by atoms with van der Waals surface area (Å²) in [5, 5.41) is 0. The van der Waals surface area contributed by atoms with E-state index < -0.39 is 12.2 Å². The van der Waals surface area contributed by atoms with Crippen molar-refractivity contribution in [2.75, 3.05) is 0 Å². The third-order valence-corrected chi connectivity index (χ3v) is 1.20. The molecule has 1 radical (unpaired) electrons. The molecular weight excluding hydrogens is 188 g/mol. The van der Waals surface area contributed by atoms with E-state index in [4.69, 9.17) is 11.5 Å². The smallest absolute Gasteiger partial charge is 0.406 e. The van der Waals surface area contributed by atoms with Crippen molar-refractivity contribution in [2.24, 2.45) is 11.5 Å². The van der Waals surface area contributed by atoms with Crippen molar-refractivity contribution in [1.29, 1.82) is 0 Å². The van der Waals surface area contributed by atoms with Gasteiger partial charge in [-0.1, -0.05) is 12.1 Å². The molecule has 14 heavy (non-hydrogen) atoms. The van der Waals surface area contributed by atoms with Gasteiger partial charge in [-0.25, -0.2) is 9.59 Å². The van der Waals surface area contributed by atoms with Crippen molar-refractivity contribution in [3.63, 3.8) is 0 Å². The molecule has 73 valence electrons. The van der Waals surface area contributed by atoms with Gasteiger partial charge in [-0.05, 0) is 6.07 Å². The minimum atomic E-state index is -1.03. The van der Waals surface area contributed by atoms with Gasteiger partial charge in [0.1, 0.15) is 0 Å². The predicted molar refractivity (Wildman–Crippen MR) is 45.7 cm³/mol. The second-order valence-electron chi connectivity index (χ2n) is 2.21. The molecule has 1 rings (SSSR count). The van der Waals surface area contributed by atoms with Gasteiger partial charge in [-0.2, -0.15) is 0 Å². The first-order valence-electron chi connectivity index (χ1n) is 3.55. The Bertz CT molecular complexity index is 329. The van der Waals surface area contributed by atoms with Gasteiger partial charge in [-0.3, -0.25) is 0 Å². The third-order valence-electron chi connectivity index (χ3n) is 1.20. The summed E-state index contributed by atoms with van der Waals surface area (Å²) in [6.45, 7) is 0. The Hall–Kier alpha value is -2.24. The van der Waals surface area contributed by atoms with Crippen molar-refractivity contribution in [3.05, 3.63) is 24.3 Å². The molecule has 0 saturated carbocycles. The lowest BCUT2D eigenvalue weighted by Gasteiger charge is -2.05. The highest BCUT2D eigenvalue weighted by Gasteiger charge is 2.09. The van der Waals surface area contributed by atoms with E-state index in [1.807, 2.05) is 0 Å². The fraction of sp³-hybridized carbons (Fsp3) is 0. The quantitative estimate of drug-likeness (QED) is 0.712. The maximum Gasteiger partial charge on any atom is 0.410 e. The van der Waals surface area contributed by atoms with Crippen molar-refractivity contribution in [2.45, 2.75) is 0 Å². The molecule has 1 aromatic rings. The predicted octanol–water partition coefficient (Wildman–Crippen LogP) is 0.402. The first-order valence-corrected chi connectivity index (χ1v) is 3.55. The van der Waals surface area contributed by atoms with Crippen LogP contribution in [0.1, 0.15) is 0 Å². The van der Waals surface area contributed by atoms with Crippen molar-refractivity contribution in [1.82, 2.24) is 0 Å². The zero-order valence-corrected chi connectivity index (χ0v) is 7.02. The lowest BCUT2D eigenvalue weighted by Crippen LogP contribution is -2.19. The molecule has 0 aliphatic carbocycles. The molecule has 6 heteroatoms. The summed E-state index contributed by atoms with van der Waals surface area (Å²) in [6.07, 6.45) is -2.04. The van der Waals surface area contributed by atoms with Crippen LogP contribution in [-0.4, -0.2) is 12.2 Å². The van der Waals surface area contributed by atoms with Gasteiger partial charge < -0.3 is 20.9 Å². The zero-order chi connectivity index (χ0) is 10.6. The van der Waals surface area contributed by atoms with Gasteiger partial charge >= 0.3 is 12.2 Å². The van der Waals surface area contributed by atoms with Crippen LogP contribution in [0, 0.1) is 6.07 Å². The highest BCUT2D eigenvalue weighted by atomic mass is 16.6. The van der Waals surface area contributed by atoms with Gasteiger partial charge in [0.15, 0.2) is 11.5 Å². The average molecular weight is 195 g/mol. The maximum absolute atomic E-state index is 10.4. The van der Waals surface area contributed by atoms with Crippen LogP contribution in [0.15, 0.2) is 18.2 Å². The van der Waals surface area contributed by atoms with Crippen LogP contribution in [0.5, 0.6) is 11.5 Å². The first-order chi connectivity index (χ1) is 6.59. The van der Waals surface area contributed by atoms with E-state index in [9.17, 15) is 9.59 Å². The largest absolute Gasteiger partial charge is 0.410 e. The zero-order valence-electron chi connectivity index (χ0n) is 7.02. The molecule has 0 heterocycles. The molecule has 1 aromatic carbocycles. The van der Waals surface area contributed by atoms with Crippen LogP contribution < -0.4 is 20.9 Å². The molecular formula is C8H7N2O4. The van der Waals surface area contributed by atoms with Crippen LogP contribution in [0.25, 0.3) is 0 Å². The molecule has 0 fully saturated rings. The topological polar surface area (TPSA) is 105 Å². The summed E-state index contributed by atoms with van der Waals surface area (Å²) in [7, 11) is 0. The number of hydrogen-bond donors (Lipinski definition) is 2. The van der Waals surface area contributed by atoms with Crippen LogP contribution >= 0.6 is 0 Å². The number of nitrogens with two attached hydrogens (primary N) is 2. The van der Waals surface area contributed by atoms with Gasteiger partial charge in [0.25, 0.3) is 0 Å². The highest BCUT2D eigenvalue weighted by Crippen LogP contribution is 2.25. The van der Waals surface area contributed by atoms with Gasteiger partial charge in [0.2, 0.25) is 0 Å². The lowest BCUT2D eigenvalue weighted by atomic mass is 10.3. The van der Waals surface area contributed by atoms with Crippen molar-refractivity contribution < 1.29 is 19.1 Å². The van der Waals surface area contributed by atoms with E-state index in [0.717, 1.165) is 0 Å². The van der Waals surface area contributed by atoms with Crippen molar-refractivity contribution in [3.8, 4) is 11.5 Å². The van der Waals surface area contributed by atoms with Crippen LogP contribution in [0.2, 0.25) is 0 Å². The monoisotopic (exact) mass is 195 g/mol. The number of rotatable bonds is 2. The Morgan fingerprint density at radius 1 is 1.21 bits per heavy atom. The summed E-state index contributed by atoms with van der Waals surface area (Å²) in [6, 6.07) is 6.90. The Balaban J connectivity index is 2.90. The number of hydrogen-bond acceptors (Lipinski definition) is 4. The normalized spacial score (nSPS) is 9.14. The molecule has 0 atom stereocenters. The minimum Gasteiger partial charge on any atom is -0.406 e. The van der Waals surface area contributed by atoms with Crippen LogP contribution in [-0.2, 0) is 0 Å². The maximum atomic E-state index is 10.4. The van der Waals surface area contributed by atoms with E-state index in [-0.39, 0.29) is 11.5 Å². The minimum absolute atomic E-state index is 0.0150. The fourth-order valence-electron chi connectivity index (χ4n) is 0.775. The molecule has 6 nitrogen and oxygen atoms in total. The van der Waals surface area contributed by atoms with E-state index in [0.29, 0.717) is 0 Å². The molecule has 0 aliphatic heterocycles. The number of carbonyl (C=O) groups is 2. The SMILES string of the molecule is NC(=O)Oc1[c]cccc1OC(N)=O. The number of benzene rings is 1. The van der Waals surface area contributed by atoms with Gasteiger partial charge in [-0.15, -0.1) is 0 Å². The molecule has 4 N–H and O–H groups in total. The molecule has 0 unspecified atom stereocenters. The first kappa shape index (κ1) is 9.85. The highest BCUT2D eigenvalue weighted by molar-refractivity contribution is 5.72. The van der Waals surface area contributed by atoms with E-state index in [1.165, 1.54) is 18.2 Å². The summed E-state index contributed by atoms with van der Waals surface area (Å²) in [5.74, 6) is -0.0994. The second kappa shape index (κ2) is 4.13. The molecule has 0 bridgehead atoms. The van der Waals surface area contributed by atoms with E-state index >= 15 is 0 Å². The number of para-hydroxylation sites is 1. The standard InChI is InChI=1S/C8H7N2O4/c9-7(11)13-5-3-1-2-4-6(5)14-8(10)12/h1-3H,(H2,9,11)(H2,10,12). The summed E-state index contributed by atoms with van der Waals surface area (Å²) >= 11 is 0. The fourth-order valence-corrected chi connectivity index (χ4v) is 0.775. The summed E-state index contributed by atoms with van der Waals surface area (Å²) < 4.78 is 9.02. The average Bonchev–Trinajstić information content (AvgIpc) is 2.06. The number of amides is 2. The van der Waals surface area contributed by atoms with E-state index in [2.05, 4.69) is 15.5 Å². The second-order valence-corrected chi connectivity index (χ2v) is 2.21. The Morgan fingerprint density at radius 2 is 1.86 bits per heavy atom. The molecule has 0 aliphatic rings. The van der Waals surface area contributed by atoms with Gasteiger partial charge in [0.05, 0.1) is 0 Å². The number of carbonyl (C=O) groups excluding carboxylic acids is 2. The molecule has 2 amide bonds. The third kappa shape index (κ3) is 2.67. The molecule has 0 saturated heterocycles. The molecule has 0 aromatic heterocycles. The Labute approximate surface area is 79.4 Å². The molecule has 0 spiro atoms. The van der Waals surface area contributed by atoms with Crippen molar-refractivity contribution >= 4 is 12.2 Å². The van der Waals surface area contributed by atoms with E-state index in [1.54, 1.807) is 0 Å². The Morgan fingerprint density at radius 3 is 2.43 bits per heavy atom. The van der Waals surface area contributed by atoms with Crippen LogP contribution in [0.4, 0.5) is 9.59 Å². The summed E-state index contributed by atoms with van der Waals surface area (Å²) in [4.78, 5) is 20.8. The van der Waals surface area contributed by atoms with Crippen LogP contribution in [0.3, 0.4) is 0 Å². The number of primary amides is 2. The summed E-state index contributed by atoms with van der Waals surface area (Å²) in [5.41, 5.74) is 9.55. The lowest BCUT2D eigenvalue weighted by molar-refractivity contribution is 0.200.